The fourth-order valence-electron chi connectivity index (χ4n) is 4.32. The summed E-state index contributed by atoms with van der Waals surface area (Å²) in [5, 5.41) is 17.7. The fraction of sp³-hybridized carbons (Fsp3) is 0.414. The molecule has 0 unspecified atom stereocenters. The molecule has 1 amide bonds. The van der Waals surface area contributed by atoms with Gasteiger partial charge in [0.15, 0.2) is 8.32 Å². The van der Waals surface area contributed by atoms with E-state index < -0.39 is 8.32 Å². The second-order valence-corrected chi connectivity index (χ2v) is 16.0. The van der Waals surface area contributed by atoms with Gasteiger partial charge in [-0.3, -0.25) is 4.79 Å². The summed E-state index contributed by atoms with van der Waals surface area (Å²) in [6.07, 6.45) is -0.193. The molecule has 0 radical (unpaired) electrons. The van der Waals surface area contributed by atoms with Crippen LogP contribution in [-0.2, 0) is 15.7 Å². The van der Waals surface area contributed by atoms with Crippen molar-refractivity contribution in [2.24, 2.45) is 0 Å². The molecule has 2 heterocycles. The van der Waals surface area contributed by atoms with Crippen molar-refractivity contribution in [2.75, 3.05) is 26.1 Å². The first kappa shape index (κ1) is 28.4. The minimum Gasteiger partial charge on any atom is -0.496 e. The monoisotopic (exact) mass is 547 g/mol. The van der Waals surface area contributed by atoms with Crippen molar-refractivity contribution in [1.29, 1.82) is 5.26 Å². The Hall–Kier alpha value is -3.65. The fourth-order valence-corrected chi connectivity index (χ4v) is 5.66. The molecule has 10 heteroatoms. The number of benzene rings is 2. The zero-order valence-corrected chi connectivity index (χ0v) is 24.4. The number of carbonyl (C=O) groups is 1. The molecule has 1 fully saturated rings. The van der Waals surface area contributed by atoms with Crippen LogP contribution in [0.2, 0.25) is 18.1 Å². The van der Waals surface area contributed by atoms with Gasteiger partial charge in [-0.05, 0) is 35.8 Å². The maximum absolute atomic E-state index is 12.6. The minimum atomic E-state index is -2.05. The van der Waals surface area contributed by atoms with Gasteiger partial charge in [0, 0.05) is 12.1 Å². The number of ether oxygens (including phenoxy) is 2. The van der Waals surface area contributed by atoms with Crippen molar-refractivity contribution in [3.63, 3.8) is 0 Å². The molecule has 1 aromatic heterocycles. The van der Waals surface area contributed by atoms with E-state index in [1.54, 1.807) is 22.9 Å². The molecule has 39 heavy (non-hydrogen) atoms. The van der Waals surface area contributed by atoms with Crippen LogP contribution in [0.1, 0.15) is 48.3 Å². The number of rotatable bonds is 8. The normalized spacial score (nSPS) is 17.6. The van der Waals surface area contributed by atoms with Gasteiger partial charge in [0.2, 0.25) is 0 Å². The lowest BCUT2D eigenvalue weighted by Crippen LogP contribution is -2.46. The molecule has 1 aliphatic rings. The Morgan fingerprint density at radius 1 is 1.21 bits per heavy atom. The molecule has 1 saturated heterocycles. The number of nitrogen functional groups attached to an aromatic ring is 1. The molecular weight excluding hydrogens is 510 g/mol. The van der Waals surface area contributed by atoms with E-state index in [4.69, 9.17) is 24.7 Å². The van der Waals surface area contributed by atoms with E-state index in [-0.39, 0.29) is 23.1 Å². The predicted octanol–water partition coefficient (Wildman–Crippen LogP) is 4.90. The second-order valence-electron chi connectivity index (χ2n) is 11.3. The highest BCUT2D eigenvalue weighted by molar-refractivity contribution is 6.74. The van der Waals surface area contributed by atoms with Crippen LogP contribution in [0, 0.1) is 11.3 Å². The number of hydrogen-bond donors (Lipinski definition) is 2. The summed E-state index contributed by atoms with van der Waals surface area (Å²) in [7, 11) is -0.517. The Bertz CT molecular complexity index is 1370. The number of carbonyl (C=O) groups excluding carboxylic acids is 1. The minimum absolute atomic E-state index is 0.0488. The number of methoxy groups -OCH3 is 1. The zero-order valence-electron chi connectivity index (χ0n) is 23.4. The third-order valence-corrected chi connectivity index (χ3v) is 12.2. The van der Waals surface area contributed by atoms with Crippen LogP contribution in [0.15, 0.2) is 48.5 Å². The summed E-state index contributed by atoms with van der Waals surface area (Å²) in [5.41, 5.74) is 9.43. The molecule has 0 aliphatic carbocycles. The molecule has 3 aromatic rings. The molecule has 3 N–H and O–H groups in total. The second kappa shape index (κ2) is 11.2. The number of anilines is 1. The summed E-state index contributed by atoms with van der Waals surface area (Å²) < 4.78 is 19.4. The van der Waals surface area contributed by atoms with Crippen LogP contribution in [0.4, 0.5) is 5.82 Å². The SMILES string of the molecule is COc1ccccc1C(=O)NCc1ccc(-c2nn([C@H]3COC[C@@H]3O[Si](C)(C)C(C)(C)C)c(N)c2C#N)cc1. The smallest absolute Gasteiger partial charge is 0.255 e. The number of nitrogens with two attached hydrogens (primary N) is 1. The first-order chi connectivity index (χ1) is 18.5. The molecule has 206 valence electrons. The summed E-state index contributed by atoms with van der Waals surface area (Å²) in [4.78, 5) is 12.6. The number of hydrogen-bond acceptors (Lipinski definition) is 7. The third-order valence-electron chi connectivity index (χ3n) is 7.66. The van der Waals surface area contributed by atoms with Gasteiger partial charge in [0.25, 0.3) is 5.91 Å². The Labute approximate surface area is 231 Å². The number of amides is 1. The van der Waals surface area contributed by atoms with Gasteiger partial charge in [-0.15, -0.1) is 0 Å². The van der Waals surface area contributed by atoms with Gasteiger partial charge in [-0.25, -0.2) is 4.68 Å². The van der Waals surface area contributed by atoms with Gasteiger partial charge in [-0.2, -0.15) is 10.4 Å². The van der Waals surface area contributed by atoms with Crippen LogP contribution in [0.25, 0.3) is 11.3 Å². The Kier molecular flexibility index (Phi) is 8.16. The number of nitrogens with one attached hydrogen (secondary N) is 1. The lowest BCUT2D eigenvalue weighted by Gasteiger charge is -2.39. The van der Waals surface area contributed by atoms with Crippen molar-refractivity contribution in [3.05, 3.63) is 65.2 Å². The molecule has 0 bridgehead atoms. The molecule has 0 spiro atoms. The number of nitriles is 1. The van der Waals surface area contributed by atoms with Gasteiger partial charge in [0.05, 0.1) is 32.0 Å². The van der Waals surface area contributed by atoms with E-state index in [9.17, 15) is 10.1 Å². The number of aromatic nitrogens is 2. The molecular formula is C29H37N5O4Si. The van der Waals surface area contributed by atoms with Crippen LogP contribution in [-0.4, -0.2) is 50.4 Å². The summed E-state index contributed by atoms with van der Waals surface area (Å²) >= 11 is 0. The van der Waals surface area contributed by atoms with Crippen molar-refractivity contribution in [2.45, 2.75) is 57.6 Å². The summed E-state index contributed by atoms with van der Waals surface area (Å²) in [6, 6.07) is 16.7. The van der Waals surface area contributed by atoms with Crippen molar-refractivity contribution in [1.82, 2.24) is 15.1 Å². The van der Waals surface area contributed by atoms with E-state index in [1.807, 2.05) is 30.3 Å². The molecule has 4 rings (SSSR count). The van der Waals surface area contributed by atoms with E-state index in [2.05, 4.69) is 45.3 Å². The van der Waals surface area contributed by atoms with Crippen LogP contribution < -0.4 is 15.8 Å². The lowest BCUT2D eigenvalue weighted by molar-refractivity contribution is 0.0948. The number of nitrogens with zero attached hydrogens (tertiary/aromatic N) is 3. The van der Waals surface area contributed by atoms with Crippen molar-refractivity contribution < 1.29 is 18.7 Å². The van der Waals surface area contributed by atoms with Gasteiger partial charge in [-0.1, -0.05) is 57.2 Å². The van der Waals surface area contributed by atoms with Crippen molar-refractivity contribution >= 4 is 20.0 Å². The topological polar surface area (TPSA) is 124 Å². The van der Waals surface area contributed by atoms with E-state index >= 15 is 0 Å². The maximum Gasteiger partial charge on any atom is 0.255 e. The van der Waals surface area contributed by atoms with Crippen molar-refractivity contribution in [3.8, 4) is 23.1 Å². The molecule has 2 atom stereocenters. The molecule has 2 aromatic carbocycles. The predicted molar refractivity (Wildman–Crippen MR) is 153 cm³/mol. The highest BCUT2D eigenvalue weighted by atomic mass is 28.4. The molecule has 1 aliphatic heterocycles. The van der Waals surface area contributed by atoms with E-state index in [0.29, 0.717) is 48.1 Å². The Balaban J connectivity index is 1.52. The first-order valence-corrected chi connectivity index (χ1v) is 15.9. The maximum atomic E-state index is 12.6. The standard InChI is InChI=1S/C29H37N5O4Si/c1-29(2,3)39(5,6)38-25-18-37-17-23(25)34-27(31)22(15-30)26(33-34)20-13-11-19(12-14-20)16-32-28(35)21-9-7-8-10-24(21)36-4/h7-14,23,25H,16-18,31H2,1-6H3,(H,32,35)/t23-,25-/m0/s1. The Morgan fingerprint density at radius 2 is 1.90 bits per heavy atom. The first-order valence-electron chi connectivity index (χ1n) is 13.0. The zero-order chi connectivity index (χ0) is 28.4. The highest BCUT2D eigenvalue weighted by Crippen LogP contribution is 2.40. The molecule has 9 nitrogen and oxygen atoms in total. The average Bonchev–Trinajstić information content (AvgIpc) is 3.49. The van der Waals surface area contributed by atoms with E-state index in [0.717, 1.165) is 11.1 Å². The lowest BCUT2D eigenvalue weighted by atomic mass is 10.1. The molecule has 0 saturated carbocycles. The van der Waals surface area contributed by atoms with Crippen LogP contribution in [0.3, 0.4) is 0 Å². The highest BCUT2D eigenvalue weighted by Gasteiger charge is 2.43. The van der Waals surface area contributed by atoms with Gasteiger partial charge >= 0.3 is 0 Å². The third kappa shape index (κ3) is 5.85. The Morgan fingerprint density at radius 3 is 2.54 bits per heavy atom. The summed E-state index contributed by atoms with van der Waals surface area (Å²) in [6.45, 7) is 12.2. The summed E-state index contributed by atoms with van der Waals surface area (Å²) in [5.74, 6) is 0.607. The van der Waals surface area contributed by atoms with Gasteiger partial charge < -0.3 is 25.0 Å². The number of para-hydroxylation sites is 1. The van der Waals surface area contributed by atoms with Crippen LogP contribution in [0.5, 0.6) is 5.75 Å². The van der Waals surface area contributed by atoms with Crippen LogP contribution >= 0.6 is 0 Å². The largest absolute Gasteiger partial charge is 0.496 e. The average molecular weight is 548 g/mol. The van der Waals surface area contributed by atoms with E-state index in [1.165, 1.54) is 7.11 Å². The quantitative estimate of drug-likeness (QED) is 0.384. The van der Waals surface area contributed by atoms with Gasteiger partial charge in [0.1, 0.15) is 34.9 Å².